The lowest BCUT2D eigenvalue weighted by Gasteiger charge is -2.17. The third-order valence-electron chi connectivity index (χ3n) is 3.96. The van der Waals surface area contributed by atoms with Crippen molar-refractivity contribution in [3.8, 4) is 0 Å². The molecule has 2 aromatic carbocycles. The molecule has 5 nitrogen and oxygen atoms in total. The van der Waals surface area contributed by atoms with Gasteiger partial charge in [-0.05, 0) is 30.3 Å². The summed E-state index contributed by atoms with van der Waals surface area (Å²) in [5.74, 6) is 0.141. The van der Waals surface area contributed by atoms with Crippen LogP contribution in [0.5, 0.6) is 0 Å². The van der Waals surface area contributed by atoms with E-state index in [1.165, 1.54) is 17.8 Å². The standard InChI is InChI=1S/C20H15N3O2S/c24-18(9-6-14-4-1-3-13-5-2-10-21-20(13)14)22-15-7-8-17-16(11-15)23-19(25)12-26-17/h1-11H,12H2,(H,22,24)(H,23,25)/b9-6+. The first kappa shape index (κ1) is 16.4. The molecule has 1 aliphatic heterocycles. The highest BCUT2D eigenvalue weighted by atomic mass is 32.2. The molecule has 0 radical (unpaired) electrons. The third kappa shape index (κ3) is 3.45. The van der Waals surface area contributed by atoms with Gasteiger partial charge in [0.25, 0.3) is 0 Å². The van der Waals surface area contributed by atoms with E-state index in [9.17, 15) is 9.59 Å². The van der Waals surface area contributed by atoms with Crippen LogP contribution in [-0.4, -0.2) is 22.6 Å². The first-order valence-corrected chi connectivity index (χ1v) is 9.07. The monoisotopic (exact) mass is 361 g/mol. The van der Waals surface area contributed by atoms with E-state index in [0.29, 0.717) is 11.4 Å². The summed E-state index contributed by atoms with van der Waals surface area (Å²) in [7, 11) is 0. The summed E-state index contributed by atoms with van der Waals surface area (Å²) in [6, 6.07) is 15.2. The number of amides is 2. The fourth-order valence-corrected chi connectivity index (χ4v) is 3.56. The van der Waals surface area contributed by atoms with Gasteiger partial charge in [-0.1, -0.05) is 24.3 Å². The highest BCUT2D eigenvalue weighted by Gasteiger charge is 2.15. The number of carbonyl (C=O) groups excluding carboxylic acids is 2. The quantitative estimate of drug-likeness (QED) is 0.694. The van der Waals surface area contributed by atoms with Crippen molar-refractivity contribution in [1.82, 2.24) is 4.98 Å². The zero-order valence-corrected chi connectivity index (χ0v) is 14.5. The Hall–Kier alpha value is -3.12. The van der Waals surface area contributed by atoms with E-state index >= 15 is 0 Å². The Morgan fingerprint density at radius 1 is 1.19 bits per heavy atom. The largest absolute Gasteiger partial charge is 0.324 e. The summed E-state index contributed by atoms with van der Waals surface area (Å²) >= 11 is 1.49. The van der Waals surface area contributed by atoms with Crippen molar-refractivity contribution in [2.45, 2.75) is 4.90 Å². The number of fused-ring (bicyclic) bond motifs is 2. The molecule has 0 spiro atoms. The van der Waals surface area contributed by atoms with E-state index < -0.39 is 0 Å². The fraction of sp³-hybridized carbons (Fsp3) is 0.0500. The molecule has 0 unspecified atom stereocenters. The van der Waals surface area contributed by atoms with Crippen LogP contribution < -0.4 is 10.6 Å². The van der Waals surface area contributed by atoms with Crippen LogP contribution in [0.3, 0.4) is 0 Å². The molecule has 0 fully saturated rings. The number of aromatic nitrogens is 1. The first-order valence-electron chi connectivity index (χ1n) is 8.08. The average Bonchev–Trinajstić information content (AvgIpc) is 2.66. The van der Waals surface area contributed by atoms with E-state index in [-0.39, 0.29) is 11.8 Å². The lowest BCUT2D eigenvalue weighted by Crippen LogP contribution is -2.19. The van der Waals surface area contributed by atoms with Crippen LogP contribution in [0.1, 0.15) is 5.56 Å². The van der Waals surface area contributed by atoms with Crippen molar-refractivity contribution in [2.75, 3.05) is 16.4 Å². The summed E-state index contributed by atoms with van der Waals surface area (Å²) in [6.45, 7) is 0. The van der Waals surface area contributed by atoms with E-state index in [4.69, 9.17) is 0 Å². The van der Waals surface area contributed by atoms with Gasteiger partial charge < -0.3 is 10.6 Å². The Morgan fingerprint density at radius 2 is 2.08 bits per heavy atom. The van der Waals surface area contributed by atoms with Crippen LogP contribution in [0, 0.1) is 0 Å². The van der Waals surface area contributed by atoms with Crippen molar-refractivity contribution in [3.63, 3.8) is 0 Å². The molecule has 2 heterocycles. The zero-order valence-electron chi connectivity index (χ0n) is 13.7. The molecule has 2 N–H and O–H groups in total. The molecule has 0 atom stereocenters. The second-order valence-electron chi connectivity index (χ2n) is 5.79. The molecule has 1 aliphatic rings. The summed E-state index contributed by atoms with van der Waals surface area (Å²) in [5, 5.41) is 6.66. The summed E-state index contributed by atoms with van der Waals surface area (Å²) in [5.41, 5.74) is 3.10. The van der Waals surface area contributed by atoms with Crippen molar-refractivity contribution < 1.29 is 9.59 Å². The zero-order chi connectivity index (χ0) is 17.9. The van der Waals surface area contributed by atoms with Gasteiger partial charge in [-0.15, -0.1) is 11.8 Å². The molecule has 0 saturated heterocycles. The molecule has 0 saturated carbocycles. The minimum absolute atomic E-state index is 0.0330. The highest BCUT2D eigenvalue weighted by molar-refractivity contribution is 8.00. The summed E-state index contributed by atoms with van der Waals surface area (Å²) in [6.07, 6.45) is 4.97. The van der Waals surface area contributed by atoms with Crippen molar-refractivity contribution >= 4 is 51.9 Å². The number of anilines is 2. The minimum atomic E-state index is -0.243. The van der Waals surface area contributed by atoms with Crippen molar-refractivity contribution in [2.24, 2.45) is 0 Å². The predicted octanol–water partition coefficient (Wildman–Crippen LogP) is 3.93. The van der Waals surface area contributed by atoms with E-state index in [1.807, 2.05) is 42.5 Å². The summed E-state index contributed by atoms with van der Waals surface area (Å²) in [4.78, 5) is 29.1. The van der Waals surface area contributed by atoms with Crippen molar-refractivity contribution in [3.05, 3.63) is 66.4 Å². The molecule has 3 aromatic rings. The predicted molar refractivity (Wildman–Crippen MR) is 105 cm³/mol. The fourth-order valence-electron chi connectivity index (χ4n) is 2.77. The second kappa shape index (κ2) is 7.01. The molecule has 0 aliphatic carbocycles. The number of rotatable bonds is 3. The molecular weight excluding hydrogens is 346 g/mol. The van der Waals surface area contributed by atoms with Crippen molar-refractivity contribution in [1.29, 1.82) is 0 Å². The van der Waals surface area contributed by atoms with Gasteiger partial charge in [0, 0.05) is 33.8 Å². The number of nitrogens with one attached hydrogen (secondary N) is 2. The Bertz CT molecular complexity index is 1040. The number of thioether (sulfide) groups is 1. The Balaban J connectivity index is 1.51. The van der Waals surface area contributed by atoms with Crippen LogP contribution in [0.15, 0.2) is 65.7 Å². The van der Waals surface area contributed by atoms with Crippen LogP contribution in [0.25, 0.3) is 17.0 Å². The third-order valence-corrected chi connectivity index (χ3v) is 5.03. The van der Waals surface area contributed by atoms with Gasteiger partial charge in [-0.2, -0.15) is 0 Å². The summed E-state index contributed by atoms with van der Waals surface area (Å²) < 4.78 is 0. The van der Waals surface area contributed by atoms with Gasteiger partial charge in [0.15, 0.2) is 0 Å². The van der Waals surface area contributed by atoms with Gasteiger partial charge in [-0.25, -0.2) is 0 Å². The number of pyridine rings is 1. The van der Waals surface area contributed by atoms with Gasteiger partial charge in [-0.3, -0.25) is 14.6 Å². The molecule has 1 aromatic heterocycles. The van der Waals surface area contributed by atoms with Gasteiger partial charge >= 0.3 is 0 Å². The average molecular weight is 361 g/mol. The lowest BCUT2D eigenvalue weighted by molar-refractivity contribution is -0.114. The lowest BCUT2D eigenvalue weighted by atomic mass is 10.1. The minimum Gasteiger partial charge on any atom is -0.324 e. The number of hydrogen-bond donors (Lipinski definition) is 2. The van der Waals surface area contributed by atoms with Crippen LogP contribution >= 0.6 is 11.8 Å². The maximum atomic E-state index is 12.2. The highest BCUT2D eigenvalue weighted by Crippen LogP contribution is 2.33. The van der Waals surface area contributed by atoms with Gasteiger partial charge in [0.05, 0.1) is 17.0 Å². The first-order chi connectivity index (χ1) is 12.7. The number of para-hydroxylation sites is 1. The molecule has 0 bridgehead atoms. The Morgan fingerprint density at radius 3 is 3.00 bits per heavy atom. The molecule has 26 heavy (non-hydrogen) atoms. The van der Waals surface area contributed by atoms with Crippen LogP contribution in [0.4, 0.5) is 11.4 Å². The SMILES string of the molecule is O=C(/C=C/c1cccc2cccnc12)Nc1ccc2c(c1)NC(=O)CS2. The smallest absolute Gasteiger partial charge is 0.248 e. The van der Waals surface area contributed by atoms with E-state index in [2.05, 4.69) is 15.6 Å². The number of benzene rings is 2. The Labute approximate surface area is 154 Å². The van der Waals surface area contributed by atoms with Gasteiger partial charge in [0.2, 0.25) is 11.8 Å². The molecular formula is C20H15N3O2S. The topological polar surface area (TPSA) is 71.1 Å². The van der Waals surface area contributed by atoms with Gasteiger partial charge in [0.1, 0.15) is 0 Å². The second-order valence-corrected chi connectivity index (χ2v) is 6.81. The maximum Gasteiger partial charge on any atom is 0.248 e. The molecule has 4 rings (SSSR count). The number of carbonyl (C=O) groups is 2. The maximum absolute atomic E-state index is 12.2. The van der Waals surface area contributed by atoms with Crippen LogP contribution in [0.2, 0.25) is 0 Å². The van der Waals surface area contributed by atoms with Crippen LogP contribution in [-0.2, 0) is 9.59 Å². The number of hydrogen-bond acceptors (Lipinski definition) is 4. The van der Waals surface area contributed by atoms with E-state index in [1.54, 1.807) is 18.3 Å². The molecule has 6 heteroatoms. The van der Waals surface area contributed by atoms with E-state index in [0.717, 1.165) is 27.0 Å². The normalized spacial score (nSPS) is 13.5. The molecule has 2 amide bonds. The molecule has 128 valence electrons. The number of nitrogens with zero attached hydrogens (tertiary/aromatic N) is 1. The Kier molecular flexibility index (Phi) is 4.41.